The molecule has 0 saturated carbocycles. The van der Waals surface area contributed by atoms with Crippen molar-refractivity contribution in [2.75, 3.05) is 19.0 Å². The van der Waals surface area contributed by atoms with Crippen LogP contribution in [0.3, 0.4) is 0 Å². The molecule has 2 N–H and O–H groups in total. The van der Waals surface area contributed by atoms with E-state index >= 15 is 0 Å². The number of hydrogen-bond donors (Lipinski definition) is 2. The van der Waals surface area contributed by atoms with Crippen molar-refractivity contribution >= 4 is 46.9 Å². The molecule has 0 saturated heterocycles. The highest BCUT2D eigenvalue weighted by Gasteiger charge is 2.14. The van der Waals surface area contributed by atoms with Gasteiger partial charge in [0.1, 0.15) is 0 Å². The minimum absolute atomic E-state index is 0.223. The zero-order valence-electron chi connectivity index (χ0n) is 17.9. The first-order valence-electron chi connectivity index (χ1n) is 9.81. The maximum absolute atomic E-state index is 12.2. The summed E-state index contributed by atoms with van der Waals surface area (Å²) < 4.78 is 10.9. The number of anilines is 1. The molecule has 3 aromatic rings. The molecule has 9 heteroatoms. The van der Waals surface area contributed by atoms with E-state index in [0.29, 0.717) is 27.6 Å². The number of amides is 2. The summed E-state index contributed by atoms with van der Waals surface area (Å²) >= 11 is 12.1. The minimum atomic E-state index is -0.388. The lowest BCUT2D eigenvalue weighted by molar-refractivity contribution is -0.118. The largest absolute Gasteiger partial charge is 0.493 e. The van der Waals surface area contributed by atoms with Gasteiger partial charge in [0.2, 0.25) is 0 Å². The van der Waals surface area contributed by atoms with Crippen LogP contribution in [0.2, 0.25) is 10.0 Å². The summed E-state index contributed by atoms with van der Waals surface area (Å²) in [4.78, 5) is 24.3. The van der Waals surface area contributed by atoms with E-state index in [1.807, 2.05) is 19.1 Å². The fraction of sp³-hybridized carbons (Fsp3) is 0.125. The van der Waals surface area contributed by atoms with Crippen molar-refractivity contribution in [1.29, 1.82) is 0 Å². The van der Waals surface area contributed by atoms with Crippen molar-refractivity contribution in [1.82, 2.24) is 5.43 Å². The third-order valence-corrected chi connectivity index (χ3v) is 4.95. The quantitative estimate of drug-likeness (QED) is 0.343. The molecule has 170 valence electrons. The third kappa shape index (κ3) is 6.97. The van der Waals surface area contributed by atoms with Crippen molar-refractivity contribution in [3.63, 3.8) is 0 Å². The molecule has 0 radical (unpaired) electrons. The average Bonchev–Trinajstić information content (AvgIpc) is 2.80. The van der Waals surface area contributed by atoms with E-state index in [0.717, 1.165) is 5.56 Å². The summed E-state index contributed by atoms with van der Waals surface area (Å²) in [5, 5.41) is 7.44. The number of hydrazone groups is 1. The fourth-order valence-electron chi connectivity index (χ4n) is 2.76. The Labute approximate surface area is 201 Å². The summed E-state index contributed by atoms with van der Waals surface area (Å²) in [6, 6.07) is 17.0. The SMILES string of the molecule is COc1cc(/C=N\NC(=O)c2ccc(Cl)cc2)cc(Cl)c1OCC(=O)Nc1ccc(C)cc1. The zero-order chi connectivity index (χ0) is 23.8. The van der Waals surface area contributed by atoms with E-state index in [1.54, 1.807) is 48.5 Å². The minimum Gasteiger partial charge on any atom is -0.493 e. The van der Waals surface area contributed by atoms with Gasteiger partial charge in [-0.3, -0.25) is 9.59 Å². The molecule has 0 aromatic heterocycles. The van der Waals surface area contributed by atoms with Crippen LogP contribution in [0.25, 0.3) is 0 Å². The molecule has 2 amide bonds. The first kappa shape index (κ1) is 24.1. The Morgan fingerprint density at radius 2 is 1.73 bits per heavy atom. The van der Waals surface area contributed by atoms with Crippen LogP contribution >= 0.6 is 23.2 Å². The number of ether oxygens (including phenoxy) is 2. The van der Waals surface area contributed by atoms with Crippen LogP contribution < -0.4 is 20.2 Å². The Bertz CT molecular complexity index is 1160. The standard InChI is InChI=1S/C24H21Cl2N3O4/c1-15-3-9-19(10-4-15)28-22(30)14-33-23-20(26)11-16(12-21(23)32-2)13-27-29-24(31)17-5-7-18(25)8-6-17/h3-13H,14H2,1-2H3,(H,28,30)(H,29,31)/b27-13-. The normalized spacial score (nSPS) is 10.7. The molecule has 33 heavy (non-hydrogen) atoms. The highest BCUT2D eigenvalue weighted by Crippen LogP contribution is 2.36. The van der Waals surface area contributed by atoms with Crippen LogP contribution in [-0.4, -0.2) is 31.7 Å². The number of rotatable bonds is 8. The van der Waals surface area contributed by atoms with Gasteiger partial charge < -0.3 is 14.8 Å². The number of benzene rings is 3. The number of carbonyl (C=O) groups excluding carboxylic acids is 2. The van der Waals surface area contributed by atoms with Crippen LogP contribution in [0.1, 0.15) is 21.5 Å². The summed E-state index contributed by atoms with van der Waals surface area (Å²) in [6.07, 6.45) is 1.41. The maximum atomic E-state index is 12.2. The molecule has 0 atom stereocenters. The van der Waals surface area contributed by atoms with Crippen molar-refractivity contribution in [2.45, 2.75) is 6.92 Å². The Hall–Kier alpha value is -3.55. The zero-order valence-corrected chi connectivity index (χ0v) is 19.4. The molecule has 3 aromatic carbocycles. The number of nitrogens with zero attached hydrogens (tertiary/aromatic N) is 1. The molecule has 3 rings (SSSR count). The van der Waals surface area contributed by atoms with E-state index in [2.05, 4.69) is 15.8 Å². The predicted octanol–water partition coefficient (Wildman–Crippen LogP) is 5.09. The van der Waals surface area contributed by atoms with Gasteiger partial charge in [-0.25, -0.2) is 5.43 Å². The van der Waals surface area contributed by atoms with Crippen LogP contribution in [-0.2, 0) is 4.79 Å². The average molecular weight is 486 g/mol. The molecular weight excluding hydrogens is 465 g/mol. The lowest BCUT2D eigenvalue weighted by Crippen LogP contribution is -2.20. The summed E-state index contributed by atoms with van der Waals surface area (Å²) in [5.41, 5.74) is 5.16. The van der Waals surface area contributed by atoms with E-state index in [9.17, 15) is 9.59 Å². The van der Waals surface area contributed by atoms with E-state index in [-0.39, 0.29) is 29.2 Å². The topological polar surface area (TPSA) is 89.0 Å². The highest BCUT2D eigenvalue weighted by molar-refractivity contribution is 6.32. The maximum Gasteiger partial charge on any atom is 0.271 e. The number of aryl methyl sites for hydroxylation is 1. The number of nitrogens with one attached hydrogen (secondary N) is 2. The number of methoxy groups -OCH3 is 1. The summed E-state index contributed by atoms with van der Waals surface area (Å²) in [7, 11) is 1.45. The Balaban J connectivity index is 1.62. The van der Waals surface area contributed by atoms with Gasteiger partial charge in [-0.2, -0.15) is 5.10 Å². The second-order valence-electron chi connectivity index (χ2n) is 6.94. The first-order chi connectivity index (χ1) is 15.9. The molecule has 0 aliphatic rings. The van der Waals surface area contributed by atoms with Gasteiger partial charge in [0.15, 0.2) is 18.1 Å². The fourth-order valence-corrected chi connectivity index (χ4v) is 3.16. The second kappa shape index (κ2) is 11.4. The van der Waals surface area contributed by atoms with Gasteiger partial charge in [-0.05, 0) is 61.0 Å². The number of hydrogen-bond acceptors (Lipinski definition) is 5. The van der Waals surface area contributed by atoms with Crippen molar-refractivity contribution in [2.24, 2.45) is 5.10 Å². The van der Waals surface area contributed by atoms with Crippen LogP contribution in [0.15, 0.2) is 65.8 Å². The van der Waals surface area contributed by atoms with Gasteiger partial charge in [0, 0.05) is 16.3 Å². The Morgan fingerprint density at radius 1 is 1.03 bits per heavy atom. The van der Waals surface area contributed by atoms with Crippen molar-refractivity contribution in [3.8, 4) is 11.5 Å². The second-order valence-corrected chi connectivity index (χ2v) is 7.79. The van der Waals surface area contributed by atoms with Crippen molar-refractivity contribution in [3.05, 3.63) is 87.4 Å². The van der Waals surface area contributed by atoms with E-state index in [4.69, 9.17) is 32.7 Å². The molecule has 0 aliphatic heterocycles. The number of halogens is 2. The van der Waals surface area contributed by atoms with Gasteiger partial charge in [-0.1, -0.05) is 40.9 Å². The third-order valence-electron chi connectivity index (χ3n) is 4.42. The van der Waals surface area contributed by atoms with E-state index < -0.39 is 0 Å². The first-order valence-corrected chi connectivity index (χ1v) is 10.6. The van der Waals surface area contributed by atoms with E-state index in [1.165, 1.54) is 13.3 Å². The van der Waals surface area contributed by atoms with Crippen molar-refractivity contribution < 1.29 is 19.1 Å². The summed E-state index contributed by atoms with van der Waals surface area (Å²) in [5.74, 6) is -0.190. The summed E-state index contributed by atoms with van der Waals surface area (Å²) in [6.45, 7) is 1.71. The highest BCUT2D eigenvalue weighted by atomic mass is 35.5. The molecule has 0 spiro atoms. The van der Waals surface area contributed by atoms with Gasteiger partial charge in [0.25, 0.3) is 11.8 Å². The molecule has 0 heterocycles. The van der Waals surface area contributed by atoms with Crippen LogP contribution in [0.4, 0.5) is 5.69 Å². The smallest absolute Gasteiger partial charge is 0.271 e. The molecule has 0 unspecified atom stereocenters. The van der Waals surface area contributed by atoms with Crippen LogP contribution in [0.5, 0.6) is 11.5 Å². The lowest BCUT2D eigenvalue weighted by Gasteiger charge is -2.13. The Morgan fingerprint density at radius 3 is 2.39 bits per heavy atom. The Kier molecular flexibility index (Phi) is 8.29. The number of carbonyl (C=O) groups is 2. The predicted molar refractivity (Wildman–Crippen MR) is 130 cm³/mol. The molecule has 0 bridgehead atoms. The molecular formula is C24H21Cl2N3O4. The monoisotopic (exact) mass is 485 g/mol. The van der Waals surface area contributed by atoms with Crippen LogP contribution in [0, 0.1) is 6.92 Å². The lowest BCUT2D eigenvalue weighted by atomic mass is 10.2. The molecule has 7 nitrogen and oxygen atoms in total. The molecule has 0 fully saturated rings. The van der Waals surface area contributed by atoms with Gasteiger partial charge in [0.05, 0.1) is 18.3 Å². The van der Waals surface area contributed by atoms with Gasteiger partial charge >= 0.3 is 0 Å². The van der Waals surface area contributed by atoms with Gasteiger partial charge in [-0.15, -0.1) is 0 Å². The molecule has 0 aliphatic carbocycles.